The quantitative estimate of drug-likeness (QED) is 0.564. The van der Waals surface area contributed by atoms with E-state index in [9.17, 15) is 4.79 Å². The minimum absolute atomic E-state index is 0.183. The molecule has 0 radical (unpaired) electrons. The molecule has 0 aromatic heterocycles. The molecule has 1 aromatic carbocycles. The number of para-hydroxylation sites is 1. The highest BCUT2D eigenvalue weighted by molar-refractivity contribution is 5.73. The fourth-order valence-corrected chi connectivity index (χ4v) is 1.34. The van der Waals surface area contributed by atoms with Crippen LogP contribution in [-0.2, 0) is 0 Å². The second-order valence-electron chi connectivity index (χ2n) is 3.74. The Bertz CT molecular complexity index is 314. The average molecular weight is 236 g/mol. The van der Waals surface area contributed by atoms with Crippen molar-refractivity contribution in [2.24, 2.45) is 0 Å². The van der Waals surface area contributed by atoms with Crippen molar-refractivity contribution >= 4 is 6.03 Å². The van der Waals surface area contributed by atoms with Gasteiger partial charge in [-0.1, -0.05) is 38.0 Å². The van der Waals surface area contributed by atoms with Crippen LogP contribution in [0.15, 0.2) is 30.3 Å². The maximum absolute atomic E-state index is 11.3. The molecule has 0 aliphatic rings. The summed E-state index contributed by atoms with van der Waals surface area (Å²) >= 11 is 0. The Balaban J connectivity index is 2.04. The van der Waals surface area contributed by atoms with Gasteiger partial charge in [-0.2, -0.15) is 0 Å². The molecule has 0 aliphatic heterocycles. The second kappa shape index (κ2) is 8.44. The van der Waals surface area contributed by atoms with Crippen molar-refractivity contribution < 1.29 is 9.53 Å². The minimum atomic E-state index is -0.183. The molecule has 0 bridgehead atoms. The van der Waals surface area contributed by atoms with Crippen molar-refractivity contribution in [3.8, 4) is 5.75 Å². The average Bonchev–Trinajstić information content (AvgIpc) is 2.36. The lowest BCUT2D eigenvalue weighted by molar-refractivity contribution is 0.224. The Morgan fingerprint density at radius 3 is 2.65 bits per heavy atom. The lowest BCUT2D eigenvalue weighted by atomic mass is 10.2. The molecule has 0 aliphatic carbocycles. The Labute approximate surface area is 102 Å². The normalized spacial score (nSPS) is 9.71. The first kappa shape index (κ1) is 13.4. The van der Waals surface area contributed by atoms with Crippen molar-refractivity contribution in [3.63, 3.8) is 0 Å². The fourth-order valence-electron chi connectivity index (χ4n) is 1.34. The van der Waals surface area contributed by atoms with Crippen molar-refractivity contribution in [1.29, 1.82) is 0 Å². The lowest BCUT2D eigenvalue weighted by Gasteiger charge is -2.08. The summed E-state index contributed by atoms with van der Waals surface area (Å²) in [7, 11) is 0. The molecule has 2 N–H and O–H groups in total. The molecule has 0 saturated heterocycles. The Morgan fingerprint density at radius 2 is 1.94 bits per heavy atom. The number of hydrogen-bond donors (Lipinski definition) is 2. The summed E-state index contributed by atoms with van der Waals surface area (Å²) in [4.78, 5) is 11.3. The first-order chi connectivity index (χ1) is 8.33. The Morgan fingerprint density at radius 1 is 1.18 bits per heavy atom. The van der Waals surface area contributed by atoms with E-state index in [1.807, 2.05) is 30.3 Å². The SMILES string of the molecule is CCCCCNC(=O)NCOc1ccccc1. The topological polar surface area (TPSA) is 50.4 Å². The second-order valence-corrected chi connectivity index (χ2v) is 3.74. The fraction of sp³-hybridized carbons (Fsp3) is 0.462. The summed E-state index contributed by atoms with van der Waals surface area (Å²) in [5, 5.41) is 5.41. The molecule has 2 amide bonds. The van der Waals surface area contributed by atoms with Gasteiger partial charge in [-0.05, 0) is 18.6 Å². The number of amides is 2. The summed E-state index contributed by atoms with van der Waals surface area (Å²) < 4.78 is 5.33. The number of hydrogen-bond acceptors (Lipinski definition) is 2. The van der Waals surface area contributed by atoms with E-state index in [4.69, 9.17) is 4.74 Å². The summed E-state index contributed by atoms with van der Waals surface area (Å²) in [6, 6.07) is 9.21. The zero-order chi connectivity index (χ0) is 12.3. The van der Waals surface area contributed by atoms with E-state index in [-0.39, 0.29) is 12.8 Å². The third-order valence-corrected chi connectivity index (χ3v) is 2.28. The molecule has 0 spiro atoms. The molecule has 94 valence electrons. The van der Waals surface area contributed by atoms with Crippen LogP contribution in [-0.4, -0.2) is 19.3 Å². The molecule has 4 nitrogen and oxygen atoms in total. The van der Waals surface area contributed by atoms with Crippen molar-refractivity contribution in [3.05, 3.63) is 30.3 Å². The van der Waals surface area contributed by atoms with E-state index >= 15 is 0 Å². The van der Waals surface area contributed by atoms with Crippen LogP contribution < -0.4 is 15.4 Å². The number of carbonyl (C=O) groups is 1. The van der Waals surface area contributed by atoms with E-state index in [1.54, 1.807) is 0 Å². The van der Waals surface area contributed by atoms with Crippen LogP contribution >= 0.6 is 0 Å². The Hall–Kier alpha value is -1.71. The van der Waals surface area contributed by atoms with Gasteiger partial charge in [-0.15, -0.1) is 0 Å². The smallest absolute Gasteiger partial charge is 0.317 e. The van der Waals surface area contributed by atoms with Crippen LogP contribution in [0, 0.1) is 0 Å². The largest absolute Gasteiger partial charge is 0.473 e. The number of benzene rings is 1. The van der Waals surface area contributed by atoms with Gasteiger partial charge < -0.3 is 15.4 Å². The predicted molar refractivity (Wildman–Crippen MR) is 68.0 cm³/mol. The van der Waals surface area contributed by atoms with Gasteiger partial charge in [0.15, 0.2) is 6.73 Å². The van der Waals surface area contributed by atoms with Gasteiger partial charge in [0.05, 0.1) is 0 Å². The van der Waals surface area contributed by atoms with Crippen LogP contribution in [0.4, 0.5) is 4.79 Å². The maximum Gasteiger partial charge on any atom is 0.317 e. The van der Waals surface area contributed by atoms with Crippen molar-refractivity contribution in [2.45, 2.75) is 26.2 Å². The first-order valence-corrected chi connectivity index (χ1v) is 6.02. The van der Waals surface area contributed by atoms with Crippen LogP contribution in [0.25, 0.3) is 0 Å². The zero-order valence-electron chi connectivity index (χ0n) is 10.2. The summed E-state index contributed by atoms with van der Waals surface area (Å²) in [6.45, 7) is 3.03. The molecule has 0 unspecified atom stereocenters. The molecule has 1 aromatic rings. The van der Waals surface area contributed by atoms with Gasteiger partial charge in [0.1, 0.15) is 5.75 Å². The molecule has 17 heavy (non-hydrogen) atoms. The lowest BCUT2D eigenvalue weighted by Crippen LogP contribution is -2.38. The van der Waals surface area contributed by atoms with E-state index in [1.165, 1.54) is 0 Å². The molecule has 0 heterocycles. The summed E-state index contributed by atoms with van der Waals surface area (Å²) in [5.41, 5.74) is 0. The van der Waals surface area contributed by atoms with Crippen LogP contribution in [0.3, 0.4) is 0 Å². The highest BCUT2D eigenvalue weighted by Crippen LogP contribution is 2.06. The molecular weight excluding hydrogens is 216 g/mol. The zero-order valence-corrected chi connectivity index (χ0v) is 10.2. The van der Waals surface area contributed by atoms with Gasteiger partial charge in [-0.25, -0.2) is 4.79 Å². The van der Waals surface area contributed by atoms with Crippen LogP contribution in [0.1, 0.15) is 26.2 Å². The van der Waals surface area contributed by atoms with E-state index in [0.717, 1.165) is 25.0 Å². The van der Waals surface area contributed by atoms with Crippen LogP contribution in [0.2, 0.25) is 0 Å². The molecule has 4 heteroatoms. The number of nitrogens with one attached hydrogen (secondary N) is 2. The first-order valence-electron chi connectivity index (χ1n) is 6.02. The number of carbonyl (C=O) groups excluding carboxylic acids is 1. The van der Waals surface area contributed by atoms with E-state index in [2.05, 4.69) is 17.6 Å². The maximum atomic E-state index is 11.3. The standard InChI is InChI=1S/C13H20N2O2/c1-2-3-7-10-14-13(16)15-11-17-12-8-5-4-6-9-12/h4-6,8-9H,2-3,7,10-11H2,1H3,(H2,14,15,16). The summed E-state index contributed by atoms with van der Waals surface area (Å²) in [6.07, 6.45) is 3.31. The monoisotopic (exact) mass is 236 g/mol. The van der Waals surface area contributed by atoms with Gasteiger partial charge in [0.25, 0.3) is 0 Å². The number of rotatable bonds is 7. The van der Waals surface area contributed by atoms with Crippen molar-refractivity contribution in [1.82, 2.24) is 10.6 Å². The van der Waals surface area contributed by atoms with E-state index in [0.29, 0.717) is 6.54 Å². The van der Waals surface area contributed by atoms with Gasteiger partial charge >= 0.3 is 6.03 Å². The number of unbranched alkanes of at least 4 members (excludes halogenated alkanes) is 2. The number of ether oxygens (including phenoxy) is 1. The highest BCUT2D eigenvalue weighted by atomic mass is 16.5. The molecule has 1 rings (SSSR count). The van der Waals surface area contributed by atoms with Gasteiger partial charge in [0, 0.05) is 6.54 Å². The molecule has 0 atom stereocenters. The molecular formula is C13H20N2O2. The third-order valence-electron chi connectivity index (χ3n) is 2.28. The van der Waals surface area contributed by atoms with Gasteiger partial charge in [-0.3, -0.25) is 0 Å². The van der Waals surface area contributed by atoms with Crippen molar-refractivity contribution in [2.75, 3.05) is 13.3 Å². The summed E-state index contributed by atoms with van der Waals surface area (Å²) in [5.74, 6) is 0.749. The minimum Gasteiger partial charge on any atom is -0.473 e. The van der Waals surface area contributed by atoms with E-state index < -0.39 is 0 Å². The van der Waals surface area contributed by atoms with Gasteiger partial charge in [0.2, 0.25) is 0 Å². The molecule has 0 fully saturated rings. The predicted octanol–water partition coefficient (Wildman–Crippen LogP) is 2.51. The Kier molecular flexibility index (Phi) is 6.63. The highest BCUT2D eigenvalue weighted by Gasteiger charge is 1.98. The number of urea groups is 1. The third kappa shape index (κ3) is 6.45. The van der Waals surface area contributed by atoms with Crippen LogP contribution in [0.5, 0.6) is 5.75 Å². The molecule has 0 saturated carbocycles.